The summed E-state index contributed by atoms with van der Waals surface area (Å²) in [5.41, 5.74) is -0.0546. The maximum Gasteiger partial charge on any atom is 0.513 e. The van der Waals surface area contributed by atoms with Gasteiger partial charge in [0.25, 0.3) is 5.69 Å². The van der Waals surface area contributed by atoms with Crippen molar-refractivity contribution in [3.05, 3.63) is 34.4 Å². The van der Waals surface area contributed by atoms with Crippen molar-refractivity contribution in [1.82, 2.24) is 4.90 Å². The smallest absolute Gasteiger partial charge is 0.434 e. The molecule has 8 heteroatoms. The molecule has 2 rings (SSSR count). The fourth-order valence-electron chi connectivity index (χ4n) is 2.55. The molecule has 0 amide bonds. The van der Waals surface area contributed by atoms with E-state index in [1.54, 1.807) is 0 Å². The van der Waals surface area contributed by atoms with E-state index in [0.717, 1.165) is 19.4 Å². The van der Waals surface area contributed by atoms with E-state index in [2.05, 4.69) is 11.9 Å². The summed E-state index contributed by atoms with van der Waals surface area (Å²) in [6.45, 7) is 1.39. The molecule has 1 atom stereocenters. The Morgan fingerprint density at radius 2 is 2.04 bits per heavy atom. The van der Waals surface area contributed by atoms with Crippen LogP contribution in [0.4, 0.5) is 10.5 Å². The van der Waals surface area contributed by atoms with Gasteiger partial charge in [0.15, 0.2) is 0 Å². The molecule has 1 aromatic rings. The third-order valence-electron chi connectivity index (χ3n) is 3.84. The van der Waals surface area contributed by atoms with Crippen LogP contribution < -0.4 is 4.74 Å². The van der Waals surface area contributed by atoms with Crippen molar-refractivity contribution in [3.8, 4) is 5.75 Å². The Balaban J connectivity index is 0.00000264. The van der Waals surface area contributed by atoms with Gasteiger partial charge >= 0.3 is 6.16 Å². The summed E-state index contributed by atoms with van der Waals surface area (Å²) in [7, 11) is 2.08. The first-order valence-electron chi connectivity index (χ1n) is 7.35. The number of piperidine rings is 1. The highest BCUT2D eigenvalue weighted by Gasteiger charge is 2.19. The molecule has 1 heterocycles. The van der Waals surface area contributed by atoms with Gasteiger partial charge in [0.2, 0.25) is 0 Å². The highest BCUT2D eigenvalue weighted by molar-refractivity contribution is 5.85. The number of carbonyl (C=O) groups excluding carboxylic acids is 1. The molecule has 23 heavy (non-hydrogen) atoms. The zero-order valence-corrected chi connectivity index (χ0v) is 13.8. The average Bonchev–Trinajstić information content (AvgIpc) is 2.50. The normalized spacial score (nSPS) is 17.9. The van der Waals surface area contributed by atoms with Crippen molar-refractivity contribution >= 4 is 24.2 Å². The number of non-ortho nitro benzene ring substituents is 1. The van der Waals surface area contributed by atoms with E-state index in [-0.39, 0.29) is 23.8 Å². The van der Waals surface area contributed by atoms with Gasteiger partial charge in [-0.05, 0) is 45.0 Å². The fourth-order valence-corrected chi connectivity index (χ4v) is 2.55. The molecule has 0 N–H and O–H groups in total. The number of benzene rings is 1. The predicted octanol–water partition coefficient (Wildman–Crippen LogP) is 3.41. The van der Waals surface area contributed by atoms with E-state index in [1.165, 1.54) is 37.1 Å². The molecule has 0 spiro atoms. The maximum atomic E-state index is 11.6. The van der Waals surface area contributed by atoms with Crippen LogP contribution in [0.1, 0.15) is 25.7 Å². The number of nitrogens with zero attached hydrogens (tertiary/aromatic N) is 2. The molecule has 1 fully saturated rings. The van der Waals surface area contributed by atoms with Gasteiger partial charge in [-0.15, -0.1) is 12.4 Å². The molecule has 1 aliphatic heterocycles. The zero-order chi connectivity index (χ0) is 15.9. The van der Waals surface area contributed by atoms with E-state index in [0.29, 0.717) is 12.6 Å². The Morgan fingerprint density at radius 3 is 2.65 bits per heavy atom. The Hall–Kier alpha value is -1.86. The van der Waals surface area contributed by atoms with Gasteiger partial charge in [-0.1, -0.05) is 6.42 Å². The van der Waals surface area contributed by atoms with Crippen molar-refractivity contribution in [2.75, 3.05) is 20.2 Å². The van der Waals surface area contributed by atoms with Crippen molar-refractivity contribution in [1.29, 1.82) is 0 Å². The number of nitro benzene ring substituents is 1. The minimum atomic E-state index is -0.785. The van der Waals surface area contributed by atoms with Gasteiger partial charge in [0, 0.05) is 18.2 Å². The van der Waals surface area contributed by atoms with Crippen LogP contribution in [-0.4, -0.2) is 42.2 Å². The molecule has 1 saturated heterocycles. The highest BCUT2D eigenvalue weighted by Crippen LogP contribution is 2.19. The van der Waals surface area contributed by atoms with Crippen LogP contribution in [0.2, 0.25) is 0 Å². The number of hydrogen-bond acceptors (Lipinski definition) is 6. The number of hydrogen-bond donors (Lipinski definition) is 0. The molecule has 0 aliphatic carbocycles. The number of rotatable bonds is 5. The van der Waals surface area contributed by atoms with Crippen molar-refractivity contribution in [3.63, 3.8) is 0 Å². The van der Waals surface area contributed by atoms with Crippen LogP contribution in [0.5, 0.6) is 5.75 Å². The lowest BCUT2D eigenvalue weighted by atomic mass is 10.0. The maximum absolute atomic E-state index is 11.6. The van der Waals surface area contributed by atoms with Gasteiger partial charge in [-0.2, -0.15) is 0 Å². The van der Waals surface area contributed by atoms with Crippen LogP contribution >= 0.6 is 12.4 Å². The minimum Gasteiger partial charge on any atom is -0.434 e. The van der Waals surface area contributed by atoms with E-state index >= 15 is 0 Å². The number of ether oxygens (including phenoxy) is 2. The fraction of sp³-hybridized carbons (Fsp3) is 0.533. The molecule has 7 nitrogen and oxygen atoms in total. The monoisotopic (exact) mass is 344 g/mol. The van der Waals surface area contributed by atoms with Crippen LogP contribution in [0, 0.1) is 10.1 Å². The lowest BCUT2D eigenvalue weighted by Crippen LogP contribution is -2.37. The summed E-state index contributed by atoms with van der Waals surface area (Å²) in [6.07, 6.45) is 3.55. The number of likely N-dealkylation sites (tertiary alicyclic amines) is 1. The van der Waals surface area contributed by atoms with Crippen molar-refractivity contribution in [2.24, 2.45) is 0 Å². The first-order chi connectivity index (χ1) is 10.6. The predicted molar refractivity (Wildman–Crippen MR) is 87.2 cm³/mol. The van der Waals surface area contributed by atoms with Crippen LogP contribution in [0.15, 0.2) is 24.3 Å². The molecule has 0 radical (unpaired) electrons. The van der Waals surface area contributed by atoms with Gasteiger partial charge < -0.3 is 14.4 Å². The van der Waals surface area contributed by atoms with E-state index in [4.69, 9.17) is 9.47 Å². The molecular weight excluding hydrogens is 324 g/mol. The Morgan fingerprint density at radius 1 is 1.35 bits per heavy atom. The first-order valence-corrected chi connectivity index (χ1v) is 7.35. The summed E-state index contributed by atoms with van der Waals surface area (Å²) < 4.78 is 10.0. The van der Waals surface area contributed by atoms with Crippen LogP contribution in [0.25, 0.3) is 0 Å². The Kier molecular flexibility index (Phi) is 7.77. The molecule has 1 aliphatic rings. The van der Waals surface area contributed by atoms with Gasteiger partial charge in [0.05, 0.1) is 11.5 Å². The van der Waals surface area contributed by atoms with Gasteiger partial charge in [-0.25, -0.2) is 4.79 Å². The largest absolute Gasteiger partial charge is 0.513 e. The lowest BCUT2D eigenvalue weighted by Gasteiger charge is -2.32. The van der Waals surface area contributed by atoms with E-state index < -0.39 is 11.1 Å². The molecule has 0 bridgehead atoms. The molecule has 128 valence electrons. The third kappa shape index (κ3) is 6.03. The molecule has 1 aromatic carbocycles. The van der Waals surface area contributed by atoms with E-state index in [9.17, 15) is 14.9 Å². The quantitative estimate of drug-likeness (QED) is 0.352. The Labute approximate surface area is 141 Å². The summed E-state index contributed by atoms with van der Waals surface area (Å²) in [5.74, 6) is 0.227. The minimum absolute atomic E-state index is 0. The summed E-state index contributed by atoms with van der Waals surface area (Å²) in [6, 6.07) is 5.74. The molecule has 1 unspecified atom stereocenters. The summed E-state index contributed by atoms with van der Waals surface area (Å²) in [5, 5.41) is 10.5. The SMILES string of the molecule is CN1CCCCC1CCOC(=O)Oc1ccc([N+](=O)[O-])cc1.Cl. The standard InChI is InChI=1S/C15H20N2O5.ClH/c1-16-10-3-2-4-12(16)9-11-21-15(18)22-14-7-5-13(6-8-14)17(19)20;/h5-8,12H,2-4,9-11H2,1H3;1H. The van der Waals surface area contributed by atoms with Gasteiger partial charge in [-0.3, -0.25) is 10.1 Å². The summed E-state index contributed by atoms with van der Waals surface area (Å²) in [4.78, 5) is 23.9. The average molecular weight is 345 g/mol. The second-order valence-electron chi connectivity index (χ2n) is 5.37. The summed E-state index contributed by atoms with van der Waals surface area (Å²) >= 11 is 0. The van der Waals surface area contributed by atoms with Crippen molar-refractivity contribution < 1.29 is 19.2 Å². The molecular formula is C15H21ClN2O5. The topological polar surface area (TPSA) is 81.9 Å². The molecule has 0 saturated carbocycles. The third-order valence-corrected chi connectivity index (χ3v) is 3.84. The Bertz CT molecular complexity index is 523. The van der Waals surface area contributed by atoms with Crippen LogP contribution in [-0.2, 0) is 4.74 Å². The second kappa shape index (κ2) is 9.32. The van der Waals surface area contributed by atoms with E-state index in [1.807, 2.05) is 0 Å². The van der Waals surface area contributed by atoms with Crippen LogP contribution in [0.3, 0.4) is 0 Å². The van der Waals surface area contributed by atoms with Crippen molar-refractivity contribution in [2.45, 2.75) is 31.7 Å². The number of nitro groups is 1. The van der Waals surface area contributed by atoms with Gasteiger partial charge in [0.1, 0.15) is 5.75 Å². The number of halogens is 1. The lowest BCUT2D eigenvalue weighted by molar-refractivity contribution is -0.384. The molecule has 0 aromatic heterocycles. The number of carbonyl (C=O) groups is 1. The second-order valence-corrected chi connectivity index (χ2v) is 5.37. The highest BCUT2D eigenvalue weighted by atomic mass is 35.5. The zero-order valence-electron chi connectivity index (χ0n) is 13.0. The first kappa shape index (κ1) is 19.2.